The molecule has 2 N–H and O–H groups in total. The zero-order valence-corrected chi connectivity index (χ0v) is 22.0. The summed E-state index contributed by atoms with van der Waals surface area (Å²) < 4.78 is 10.7. The lowest BCUT2D eigenvalue weighted by atomic mass is 9.98. The minimum atomic E-state index is -1.23. The molecule has 1 fully saturated rings. The number of rotatable bonds is 17. The molecule has 2 rings (SSSR count). The first-order valence-electron chi connectivity index (χ1n) is 13.2. The van der Waals surface area contributed by atoms with Gasteiger partial charge >= 0.3 is 11.9 Å². The van der Waals surface area contributed by atoms with Gasteiger partial charge in [0.25, 0.3) is 0 Å². The van der Waals surface area contributed by atoms with Crippen molar-refractivity contribution in [1.29, 1.82) is 0 Å². The molecule has 0 aromatic heterocycles. The summed E-state index contributed by atoms with van der Waals surface area (Å²) in [4.78, 5) is 52.7. The zero-order chi connectivity index (χ0) is 27.8. The van der Waals surface area contributed by atoms with E-state index in [-0.39, 0.29) is 51.0 Å². The third kappa shape index (κ3) is 10.5. The van der Waals surface area contributed by atoms with Gasteiger partial charge in [0, 0.05) is 19.4 Å². The summed E-state index contributed by atoms with van der Waals surface area (Å²) >= 11 is 0. The maximum atomic E-state index is 13.2. The SMILES string of the molecule is C=CCCCCC(=O)OC[C@@H](NC(=O)[C@H](CC=C)CC(=O)N1CCC[C@H]1CO)C(=O)OCc1ccccc1. The number of amides is 2. The Morgan fingerprint density at radius 2 is 1.87 bits per heavy atom. The first-order chi connectivity index (χ1) is 18.4. The lowest BCUT2D eigenvalue weighted by Gasteiger charge is -2.26. The van der Waals surface area contributed by atoms with Crippen LogP contribution in [0.2, 0.25) is 0 Å². The van der Waals surface area contributed by atoms with Crippen molar-refractivity contribution in [3.63, 3.8) is 0 Å². The largest absolute Gasteiger partial charge is 0.463 e. The highest BCUT2D eigenvalue weighted by Crippen LogP contribution is 2.21. The highest BCUT2D eigenvalue weighted by atomic mass is 16.6. The number of nitrogens with zero attached hydrogens (tertiary/aromatic N) is 1. The fourth-order valence-electron chi connectivity index (χ4n) is 4.26. The second-order valence-corrected chi connectivity index (χ2v) is 9.36. The Balaban J connectivity index is 2.04. The van der Waals surface area contributed by atoms with Crippen molar-refractivity contribution >= 4 is 23.8 Å². The number of aliphatic hydroxyl groups is 1. The third-order valence-corrected chi connectivity index (χ3v) is 6.43. The molecular weight excluding hydrogens is 488 g/mol. The van der Waals surface area contributed by atoms with Crippen LogP contribution in [0.5, 0.6) is 0 Å². The van der Waals surface area contributed by atoms with Gasteiger partial charge in [-0.2, -0.15) is 0 Å². The molecule has 1 heterocycles. The number of unbranched alkanes of at least 4 members (excludes halogenated alkanes) is 2. The molecule has 0 aliphatic carbocycles. The average molecular weight is 529 g/mol. The number of hydrogen-bond donors (Lipinski definition) is 2. The van der Waals surface area contributed by atoms with E-state index in [1.54, 1.807) is 23.1 Å². The Morgan fingerprint density at radius 1 is 1.11 bits per heavy atom. The fraction of sp³-hybridized carbons (Fsp3) is 0.517. The Labute approximate surface area is 224 Å². The molecule has 1 aliphatic rings. The van der Waals surface area contributed by atoms with E-state index in [9.17, 15) is 24.3 Å². The summed E-state index contributed by atoms with van der Waals surface area (Å²) in [6.07, 6.45) is 7.33. The van der Waals surface area contributed by atoms with Crippen LogP contribution in [0.1, 0.15) is 56.9 Å². The van der Waals surface area contributed by atoms with E-state index in [2.05, 4.69) is 18.5 Å². The summed E-state index contributed by atoms with van der Waals surface area (Å²) in [5.41, 5.74) is 0.768. The normalized spacial score (nSPS) is 16.2. The van der Waals surface area contributed by atoms with Crippen LogP contribution >= 0.6 is 0 Å². The van der Waals surface area contributed by atoms with E-state index >= 15 is 0 Å². The molecule has 0 bridgehead atoms. The van der Waals surface area contributed by atoms with Crippen molar-refractivity contribution in [3.8, 4) is 0 Å². The molecule has 9 nitrogen and oxygen atoms in total. The van der Waals surface area contributed by atoms with Crippen LogP contribution in [0, 0.1) is 5.92 Å². The number of allylic oxidation sites excluding steroid dienone is 2. The van der Waals surface area contributed by atoms with Crippen LogP contribution in [0.3, 0.4) is 0 Å². The Hall–Kier alpha value is -3.46. The number of nitrogens with one attached hydrogen (secondary N) is 1. The number of hydrogen-bond acceptors (Lipinski definition) is 7. The van der Waals surface area contributed by atoms with E-state index in [1.165, 1.54) is 6.08 Å². The number of carbonyl (C=O) groups excluding carboxylic acids is 4. The second kappa shape index (κ2) is 17.1. The van der Waals surface area contributed by atoms with Crippen LogP contribution in [0.4, 0.5) is 0 Å². The monoisotopic (exact) mass is 528 g/mol. The first kappa shape index (κ1) is 30.8. The topological polar surface area (TPSA) is 122 Å². The van der Waals surface area contributed by atoms with Crippen molar-refractivity contribution in [2.45, 2.75) is 70.1 Å². The fourth-order valence-corrected chi connectivity index (χ4v) is 4.26. The van der Waals surface area contributed by atoms with E-state index in [1.807, 2.05) is 18.2 Å². The standard InChI is InChI=1S/C29H40N2O7/c1-3-5-6-10-16-27(34)37-21-25(29(36)38-20-22-13-8-7-9-14-22)30-28(35)23(12-4-2)18-26(33)31-17-11-15-24(31)19-32/h3-4,7-9,13-14,23-25,32H,1-2,5-6,10-12,15-21H2,(H,30,35)/t23-,24+,25-/m1/s1. The predicted octanol–water partition coefficient (Wildman–Crippen LogP) is 3.07. The maximum absolute atomic E-state index is 13.2. The minimum absolute atomic E-state index is 0.00633. The van der Waals surface area contributed by atoms with Gasteiger partial charge in [-0.3, -0.25) is 14.4 Å². The second-order valence-electron chi connectivity index (χ2n) is 9.36. The number of carbonyl (C=O) groups is 4. The van der Waals surface area contributed by atoms with Gasteiger partial charge in [0.15, 0.2) is 6.04 Å². The Morgan fingerprint density at radius 3 is 2.55 bits per heavy atom. The summed E-state index contributed by atoms with van der Waals surface area (Å²) in [6, 6.07) is 7.59. The van der Waals surface area contributed by atoms with Crippen LogP contribution in [-0.4, -0.2) is 65.6 Å². The van der Waals surface area contributed by atoms with E-state index < -0.39 is 29.8 Å². The van der Waals surface area contributed by atoms with Crippen molar-refractivity contribution in [3.05, 3.63) is 61.2 Å². The number of ether oxygens (including phenoxy) is 2. The van der Waals surface area contributed by atoms with Crippen molar-refractivity contribution < 1.29 is 33.8 Å². The van der Waals surface area contributed by atoms with E-state index in [4.69, 9.17) is 9.47 Å². The minimum Gasteiger partial charge on any atom is -0.463 e. The quantitative estimate of drug-likeness (QED) is 0.181. The van der Waals surface area contributed by atoms with E-state index in [0.717, 1.165) is 31.2 Å². The number of aliphatic hydroxyl groups excluding tert-OH is 1. The van der Waals surface area contributed by atoms with E-state index in [0.29, 0.717) is 13.0 Å². The Kier molecular flexibility index (Phi) is 13.9. The van der Waals surface area contributed by atoms with Gasteiger partial charge in [-0.1, -0.05) is 42.5 Å². The molecule has 0 saturated carbocycles. The van der Waals surface area contributed by atoms with Crippen LogP contribution in [0.25, 0.3) is 0 Å². The molecule has 1 aromatic rings. The van der Waals surface area contributed by atoms with Gasteiger partial charge in [0.2, 0.25) is 11.8 Å². The van der Waals surface area contributed by atoms with Gasteiger partial charge in [0.1, 0.15) is 13.2 Å². The molecule has 2 amide bonds. The average Bonchev–Trinajstić information content (AvgIpc) is 3.41. The first-order valence-corrected chi connectivity index (χ1v) is 13.2. The molecule has 0 radical (unpaired) electrons. The molecule has 38 heavy (non-hydrogen) atoms. The van der Waals surface area contributed by atoms with Crippen molar-refractivity contribution in [1.82, 2.24) is 10.2 Å². The van der Waals surface area contributed by atoms with Crippen LogP contribution in [-0.2, 0) is 35.3 Å². The number of likely N-dealkylation sites (tertiary alicyclic amines) is 1. The molecule has 1 saturated heterocycles. The summed E-state index contributed by atoms with van der Waals surface area (Å²) in [7, 11) is 0. The lowest BCUT2D eigenvalue weighted by molar-refractivity contribution is -0.155. The highest BCUT2D eigenvalue weighted by molar-refractivity contribution is 5.89. The molecular formula is C29H40N2O7. The molecule has 208 valence electrons. The summed E-state index contributed by atoms with van der Waals surface area (Å²) in [6.45, 7) is 7.35. The molecule has 3 atom stereocenters. The molecule has 1 aliphatic heterocycles. The Bertz CT molecular complexity index is 934. The van der Waals surface area contributed by atoms with Crippen LogP contribution in [0.15, 0.2) is 55.6 Å². The number of benzene rings is 1. The van der Waals surface area contributed by atoms with Gasteiger partial charge in [0.05, 0.1) is 18.6 Å². The van der Waals surface area contributed by atoms with Crippen molar-refractivity contribution in [2.24, 2.45) is 5.92 Å². The zero-order valence-electron chi connectivity index (χ0n) is 22.0. The van der Waals surface area contributed by atoms with Crippen molar-refractivity contribution in [2.75, 3.05) is 19.8 Å². The summed E-state index contributed by atoms with van der Waals surface area (Å²) in [5.74, 6) is -2.78. The third-order valence-electron chi connectivity index (χ3n) is 6.43. The summed E-state index contributed by atoms with van der Waals surface area (Å²) in [5, 5.41) is 12.2. The molecule has 0 spiro atoms. The van der Waals surface area contributed by atoms with Crippen LogP contribution < -0.4 is 5.32 Å². The van der Waals surface area contributed by atoms with Gasteiger partial charge < -0.3 is 24.8 Å². The molecule has 1 aromatic carbocycles. The van der Waals surface area contributed by atoms with Gasteiger partial charge in [-0.25, -0.2) is 4.79 Å². The number of esters is 2. The molecule has 0 unspecified atom stereocenters. The molecule has 9 heteroatoms. The smallest absolute Gasteiger partial charge is 0.332 e. The maximum Gasteiger partial charge on any atom is 0.332 e. The van der Waals surface area contributed by atoms with Gasteiger partial charge in [-0.05, 0) is 44.1 Å². The van der Waals surface area contributed by atoms with Gasteiger partial charge in [-0.15, -0.1) is 13.2 Å². The predicted molar refractivity (Wildman–Crippen MR) is 143 cm³/mol. The lowest BCUT2D eigenvalue weighted by Crippen LogP contribution is -2.48. The highest BCUT2D eigenvalue weighted by Gasteiger charge is 2.33.